The summed E-state index contributed by atoms with van der Waals surface area (Å²) in [5, 5.41) is 65.1. The summed E-state index contributed by atoms with van der Waals surface area (Å²) in [5.41, 5.74) is 16.6. The molecule has 0 spiro atoms. The summed E-state index contributed by atoms with van der Waals surface area (Å²) >= 11 is 0. The third kappa shape index (κ3) is 18.1. The number of pyridine rings is 4. The largest absolute Gasteiger partial charge is 0.479 e. The van der Waals surface area contributed by atoms with Gasteiger partial charge in [-0.15, -0.1) is 0 Å². The van der Waals surface area contributed by atoms with Gasteiger partial charge in [-0.05, 0) is 228 Å². The van der Waals surface area contributed by atoms with Crippen LogP contribution in [0.2, 0.25) is 0 Å². The summed E-state index contributed by atoms with van der Waals surface area (Å²) in [4.78, 5) is 66.0. The van der Waals surface area contributed by atoms with Crippen LogP contribution in [0.4, 0.5) is 0 Å². The third-order valence-corrected chi connectivity index (χ3v) is 15.2. The van der Waals surface area contributed by atoms with E-state index >= 15 is 0 Å². The van der Waals surface area contributed by atoms with E-state index in [2.05, 4.69) is 123 Å². The van der Waals surface area contributed by atoms with E-state index in [4.69, 9.17) is 40.9 Å². The molecule has 20 nitrogen and oxygen atoms in total. The van der Waals surface area contributed by atoms with Gasteiger partial charge < -0.3 is 40.9 Å². The lowest BCUT2D eigenvalue weighted by Crippen LogP contribution is -2.39. The minimum atomic E-state index is -2.27. The van der Waals surface area contributed by atoms with Crippen molar-refractivity contribution in [2.24, 2.45) is 0 Å². The maximum Gasteiger partial charge on any atom is 0.335 e. The third-order valence-electron chi connectivity index (χ3n) is 15.2. The van der Waals surface area contributed by atoms with Crippen LogP contribution in [-0.4, -0.2) is 183 Å². The van der Waals surface area contributed by atoms with Crippen LogP contribution in [-0.2, 0) is 19.2 Å². The standard InChI is InChI=1S/4C12H18N2.2C4H6O6/c4*1-9-7-13-8-11(10(9)2)12-5-4-6-14(12)3;2*5-1(3(7)8)2(6)4(9)10/h4*7-8,12H,4-6H2,1-3H3;2*1-2,5-6H,(H,7,8)(H,9,10)/t4*12-;;/m0000../s1. The van der Waals surface area contributed by atoms with Gasteiger partial charge in [0.1, 0.15) is 0 Å². The van der Waals surface area contributed by atoms with Crippen molar-refractivity contribution >= 4 is 23.9 Å². The number of carboxylic acids is 4. The fourth-order valence-corrected chi connectivity index (χ4v) is 9.70. The van der Waals surface area contributed by atoms with Crippen molar-refractivity contribution in [2.75, 3.05) is 54.4 Å². The van der Waals surface area contributed by atoms with Crippen LogP contribution in [0.5, 0.6) is 0 Å². The average Bonchev–Trinajstić information content (AvgIpc) is 4.22. The summed E-state index contributed by atoms with van der Waals surface area (Å²) in [6.45, 7) is 22.3. The second kappa shape index (κ2) is 30.8. The first kappa shape index (κ1) is 64.4. The lowest BCUT2D eigenvalue weighted by atomic mass is 9.99. The Bertz CT molecular complexity index is 2190. The van der Waals surface area contributed by atoms with Crippen LogP contribution < -0.4 is 0 Å². The van der Waals surface area contributed by atoms with E-state index in [1.54, 1.807) is 0 Å². The molecule has 0 amide bonds. The number of rotatable bonds is 10. The van der Waals surface area contributed by atoms with Gasteiger partial charge in [0.15, 0.2) is 24.4 Å². The van der Waals surface area contributed by atoms with E-state index in [0.717, 1.165) is 0 Å². The zero-order valence-corrected chi connectivity index (χ0v) is 46.5. The number of likely N-dealkylation sites (tertiary alicyclic amines) is 4. The first-order valence-corrected chi connectivity index (χ1v) is 25.8. The van der Waals surface area contributed by atoms with Gasteiger partial charge in [0, 0.05) is 73.7 Å². The van der Waals surface area contributed by atoms with Crippen molar-refractivity contribution in [3.8, 4) is 0 Å². The van der Waals surface area contributed by atoms with Gasteiger partial charge in [-0.25, -0.2) is 19.2 Å². The van der Waals surface area contributed by atoms with Gasteiger partial charge in [-0.1, -0.05) is 0 Å². The lowest BCUT2D eigenvalue weighted by Gasteiger charge is -2.21. The highest BCUT2D eigenvalue weighted by Gasteiger charge is 2.31. The molecule has 4 aromatic rings. The Morgan fingerprint density at radius 2 is 0.539 bits per heavy atom. The number of aromatic nitrogens is 4. The number of aliphatic hydroxyl groups excluding tert-OH is 4. The number of aryl methyl sites for hydroxylation is 4. The maximum atomic E-state index is 9.77. The van der Waals surface area contributed by atoms with Gasteiger partial charge in [0.2, 0.25) is 0 Å². The molecule has 0 radical (unpaired) electrons. The topological polar surface area (TPSA) is 295 Å². The first-order valence-electron chi connectivity index (χ1n) is 25.8. The zero-order chi connectivity index (χ0) is 57.1. The molecule has 420 valence electrons. The maximum absolute atomic E-state index is 9.77. The molecule has 0 aromatic carbocycles. The molecule has 76 heavy (non-hydrogen) atoms. The number of hydrogen-bond donors (Lipinski definition) is 8. The Balaban J connectivity index is 0.000000242. The average molecular weight is 1060 g/mol. The molecule has 0 bridgehead atoms. The summed E-state index contributed by atoms with van der Waals surface area (Å²) < 4.78 is 0. The van der Waals surface area contributed by atoms with E-state index in [0.29, 0.717) is 24.2 Å². The van der Waals surface area contributed by atoms with Crippen LogP contribution in [0.15, 0.2) is 49.6 Å². The number of aliphatic carboxylic acids is 4. The summed E-state index contributed by atoms with van der Waals surface area (Å²) in [6.07, 6.45) is 17.3. The van der Waals surface area contributed by atoms with Gasteiger partial charge in [-0.2, -0.15) is 0 Å². The monoisotopic (exact) mass is 1060 g/mol. The van der Waals surface area contributed by atoms with Gasteiger partial charge in [0.25, 0.3) is 0 Å². The molecule has 8 heterocycles. The molecule has 8 N–H and O–H groups in total. The van der Waals surface area contributed by atoms with Crippen molar-refractivity contribution < 1.29 is 60.0 Å². The molecule has 4 saturated heterocycles. The highest BCUT2D eigenvalue weighted by molar-refractivity contribution is 5.83. The van der Waals surface area contributed by atoms with Crippen molar-refractivity contribution in [1.82, 2.24) is 39.5 Å². The molecule has 4 aliphatic rings. The highest BCUT2D eigenvalue weighted by Crippen LogP contribution is 2.35. The molecular weight excluding hydrogens is 977 g/mol. The van der Waals surface area contributed by atoms with E-state index in [1.807, 2.05) is 49.6 Å². The number of aliphatic hydroxyl groups is 4. The summed E-state index contributed by atoms with van der Waals surface area (Å²) in [6, 6.07) is 2.40. The molecule has 8 atom stereocenters. The van der Waals surface area contributed by atoms with Gasteiger partial charge in [0.05, 0.1) is 0 Å². The zero-order valence-electron chi connectivity index (χ0n) is 46.5. The van der Waals surface area contributed by atoms with Crippen molar-refractivity contribution in [3.63, 3.8) is 0 Å². The molecule has 0 saturated carbocycles. The van der Waals surface area contributed by atoms with E-state index in [9.17, 15) is 19.2 Å². The Morgan fingerprint density at radius 3 is 0.671 bits per heavy atom. The molecule has 4 unspecified atom stereocenters. The quantitative estimate of drug-likeness (QED) is 0.0957. The fraction of sp³-hybridized carbons (Fsp3) is 0.571. The van der Waals surface area contributed by atoms with Crippen LogP contribution >= 0.6 is 0 Å². The molecule has 4 aromatic heterocycles. The predicted octanol–water partition coefficient (Wildman–Crippen LogP) is 5.62. The van der Waals surface area contributed by atoms with Crippen molar-refractivity contribution in [2.45, 2.75) is 155 Å². The molecule has 8 rings (SSSR count). The Morgan fingerprint density at radius 1 is 0.368 bits per heavy atom. The molecule has 20 heteroatoms. The van der Waals surface area contributed by atoms with Crippen LogP contribution in [0.3, 0.4) is 0 Å². The molecular formula is C56H84N8O12. The molecule has 4 fully saturated rings. The Labute approximate surface area is 448 Å². The number of nitrogens with zero attached hydrogens (tertiary/aromatic N) is 8. The Hall–Kier alpha value is -5.84. The van der Waals surface area contributed by atoms with E-state index in [1.165, 1.54) is 144 Å². The van der Waals surface area contributed by atoms with Crippen molar-refractivity contribution in [3.05, 3.63) is 116 Å². The van der Waals surface area contributed by atoms with Gasteiger partial charge in [-0.3, -0.25) is 39.5 Å². The first-order chi connectivity index (χ1) is 35.7. The Kier molecular flexibility index (Phi) is 26.1. The molecule has 0 aliphatic carbocycles. The second-order valence-electron chi connectivity index (χ2n) is 20.4. The predicted molar refractivity (Wildman–Crippen MR) is 288 cm³/mol. The van der Waals surface area contributed by atoms with E-state index < -0.39 is 48.3 Å². The summed E-state index contributed by atoms with van der Waals surface area (Å²) in [5.74, 6) is -7.07. The fourth-order valence-electron chi connectivity index (χ4n) is 9.70. The number of hydrogen-bond acceptors (Lipinski definition) is 16. The van der Waals surface area contributed by atoms with Crippen LogP contribution in [0, 0.1) is 55.4 Å². The second-order valence-corrected chi connectivity index (χ2v) is 20.4. The van der Waals surface area contributed by atoms with Crippen LogP contribution in [0.1, 0.15) is 142 Å². The minimum absolute atomic E-state index is 0.599. The van der Waals surface area contributed by atoms with E-state index in [-0.39, 0.29) is 0 Å². The lowest BCUT2D eigenvalue weighted by molar-refractivity contribution is -0.165. The van der Waals surface area contributed by atoms with Crippen LogP contribution in [0.25, 0.3) is 0 Å². The van der Waals surface area contributed by atoms with Gasteiger partial charge >= 0.3 is 23.9 Å². The smallest absolute Gasteiger partial charge is 0.335 e. The normalized spacial score (nSPS) is 21.1. The highest BCUT2D eigenvalue weighted by atomic mass is 16.4. The SMILES string of the molecule is Cc1cncc([C@@H]2CCCN2C)c1C.Cc1cncc([C@@H]2CCCN2C)c1C.Cc1cncc([C@@H]2CCCN2C)c1C.Cc1cncc([C@@H]2CCCN2C)c1C.O=C(O)C(O)C(O)C(=O)O.O=C(O)C(O)C(O)C(=O)O. The minimum Gasteiger partial charge on any atom is -0.479 e. The summed E-state index contributed by atoms with van der Waals surface area (Å²) in [7, 11) is 8.83. The van der Waals surface area contributed by atoms with Crippen molar-refractivity contribution in [1.29, 1.82) is 0 Å². The number of carboxylic acid groups (broad SMARTS) is 4. The molecule has 4 aliphatic heterocycles. The number of carbonyl (C=O) groups is 4.